The maximum absolute atomic E-state index is 12.2. The molecule has 0 aliphatic carbocycles. The summed E-state index contributed by atoms with van der Waals surface area (Å²) in [5.74, 6) is -0.337. The zero-order valence-electron chi connectivity index (χ0n) is 14.0. The third kappa shape index (κ3) is 2.99. The smallest absolute Gasteiger partial charge is 0.324 e. The fourth-order valence-electron chi connectivity index (χ4n) is 3.33. The van der Waals surface area contributed by atoms with Crippen molar-refractivity contribution in [1.82, 2.24) is 15.1 Å². The molecule has 2 aliphatic heterocycles. The van der Waals surface area contributed by atoms with Gasteiger partial charge in [-0.3, -0.25) is 19.4 Å². The molecular weight excluding hydrogens is 308 g/mol. The first kappa shape index (κ1) is 16.4. The van der Waals surface area contributed by atoms with E-state index in [0.717, 1.165) is 22.6 Å². The van der Waals surface area contributed by atoms with Crippen LogP contribution in [-0.2, 0) is 16.0 Å². The van der Waals surface area contributed by atoms with Crippen molar-refractivity contribution >= 4 is 23.5 Å². The van der Waals surface area contributed by atoms with Crippen LogP contribution in [0, 0.1) is 0 Å². The molecule has 2 aliphatic rings. The number of aryl methyl sites for hydroxylation is 1. The monoisotopic (exact) mass is 330 g/mol. The lowest BCUT2D eigenvalue weighted by Gasteiger charge is -2.21. The van der Waals surface area contributed by atoms with Gasteiger partial charge in [0, 0.05) is 25.8 Å². The van der Waals surface area contributed by atoms with Crippen LogP contribution in [0.5, 0.6) is 0 Å². The zero-order chi connectivity index (χ0) is 17.3. The van der Waals surface area contributed by atoms with Gasteiger partial charge in [0.1, 0.15) is 5.54 Å². The molecule has 2 heterocycles. The van der Waals surface area contributed by atoms with E-state index in [1.807, 2.05) is 29.2 Å². The summed E-state index contributed by atoms with van der Waals surface area (Å²) < 4.78 is 0. The minimum absolute atomic E-state index is 0.120. The van der Waals surface area contributed by atoms with Gasteiger partial charge in [-0.05, 0) is 30.5 Å². The fraction of sp³-hybridized carbons (Fsp3) is 0.471. The number of benzene rings is 1. The summed E-state index contributed by atoms with van der Waals surface area (Å²) in [5, 5.41) is 5.65. The fourth-order valence-corrected chi connectivity index (χ4v) is 3.33. The van der Waals surface area contributed by atoms with Crippen LogP contribution < -0.4 is 10.6 Å². The maximum Gasteiger partial charge on any atom is 0.324 e. The lowest BCUT2D eigenvalue weighted by molar-refractivity contribution is -0.130. The van der Waals surface area contributed by atoms with E-state index in [4.69, 9.17) is 0 Å². The molecule has 1 atom stereocenters. The predicted octanol–water partition coefficient (Wildman–Crippen LogP) is 0.814. The Hall–Kier alpha value is -2.41. The largest absolute Gasteiger partial charge is 0.325 e. The molecule has 7 nitrogen and oxygen atoms in total. The third-order valence-corrected chi connectivity index (χ3v) is 4.70. The van der Waals surface area contributed by atoms with Crippen molar-refractivity contribution in [1.29, 1.82) is 0 Å². The molecule has 2 N–H and O–H groups in total. The number of amides is 4. The highest BCUT2D eigenvalue weighted by atomic mass is 16.2. The number of rotatable bonds is 4. The molecule has 0 bridgehead atoms. The molecule has 0 saturated carbocycles. The molecule has 2 saturated heterocycles. The summed E-state index contributed by atoms with van der Waals surface area (Å²) >= 11 is 0. The van der Waals surface area contributed by atoms with Crippen LogP contribution >= 0.6 is 0 Å². The van der Waals surface area contributed by atoms with E-state index in [-0.39, 0.29) is 24.4 Å². The maximum atomic E-state index is 12.2. The molecule has 1 aromatic rings. The van der Waals surface area contributed by atoms with Crippen LogP contribution in [0.1, 0.15) is 18.9 Å². The molecule has 24 heavy (non-hydrogen) atoms. The Balaban J connectivity index is 1.58. The minimum Gasteiger partial charge on any atom is -0.325 e. The van der Waals surface area contributed by atoms with Crippen molar-refractivity contribution in [3.8, 4) is 0 Å². The molecule has 0 aromatic heterocycles. The second kappa shape index (κ2) is 6.24. The lowest BCUT2D eigenvalue weighted by atomic mass is 9.99. The Labute approximate surface area is 141 Å². The van der Waals surface area contributed by atoms with Gasteiger partial charge in [0.05, 0.1) is 6.54 Å². The number of imide groups is 1. The van der Waals surface area contributed by atoms with Crippen molar-refractivity contribution in [3.05, 3.63) is 29.8 Å². The number of urea groups is 1. The Morgan fingerprint density at radius 1 is 1.38 bits per heavy atom. The second-order valence-corrected chi connectivity index (χ2v) is 6.44. The molecule has 4 amide bonds. The Kier molecular flexibility index (Phi) is 4.28. The average molecular weight is 330 g/mol. The summed E-state index contributed by atoms with van der Waals surface area (Å²) in [6.45, 7) is 3.23. The van der Waals surface area contributed by atoms with Crippen LogP contribution in [0.3, 0.4) is 0 Å². The number of anilines is 1. The number of carbonyl (C=O) groups is 3. The van der Waals surface area contributed by atoms with E-state index < -0.39 is 5.54 Å². The lowest BCUT2D eigenvalue weighted by Crippen LogP contribution is -2.49. The number of likely N-dealkylation sites (tertiary alicyclic amines) is 1. The van der Waals surface area contributed by atoms with E-state index in [9.17, 15) is 14.4 Å². The van der Waals surface area contributed by atoms with Gasteiger partial charge in [-0.25, -0.2) is 4.79 Å². The van der Waals surface area contributed by atoms with E-state index in [0.29, 0.717) is 19.5 Å². The van der Waals surface area contributed by atoms with E-state index >= 15 is 0 Å². The van der Waals surface area contributed by atoms with E-state index in [1.165, 1.54) is 7.05 Å². The summed E-state index contributed by atoms with van der Waals surface area (Å²) in [4.78, 5) is 39.2. The van der Waals surface area contributed by atoms with E-state index in [1.54, 1.807) is 0 Å². The molecule has 128 valence electrons. The number of likely N-dealkylation sites (N-methyl/N-ethyl adjacent to an activating group) is 1. The van der Waals surface area contributed by atoms with Gasteiger partial charge in [0.15, 0.2) is 0 Å². The minimum atomic E-state index is -0.867. The number of nitrogens with zero attached hydrogens (tertiary/aromatic N) is 2. The Morgan fingerprint density at radius 2 is 2.17 bits per heavy atom. The van der Waals surface area contributed by atoms with Gasteiger partial charge < -0.3 is 10.6 Å². The first-order chi connectivity index (χ1) is 11.4. The zero-order valence-corrected chi connectivity index (χ0v) is 14.0. The van der Waals surface area contributed by atoms with Gasteiger partial charge in [-0.1, -0.05) is 19.1 Å². The first-order valence-corrected chi connectivity index (χ1v) is 8.15. The number of carbonyl (C=O) groups excluding carboxylic acids is 3. The molecule has 7 heteroatoms. The second-order valence-electron chi connectivity index (χ2n) is 6.44. The average Bonchev–Trinajstić information content (AvgIpc) is 3.05. The molecule has 0 radical (unpaired) electrons. The van der Waals surface area contributed by atoms with Gasteiger partial charge in [0.2, 0.25) is 5.91 Å². The number of nitrogens with one attached hydrogen (secondary N) is 2. The summed E-state index contributed by atoms with van der Waals surface area (Å²) in [6.07, 6.45) is 1.44. The van der Waals surface area contributed by atoms with Gasteiger partial charge >= 0.3 is 6.03 Å². The highest BCUT2D eigenvalue weighted by Crippen LogP contribution is 2.27. The summed E-state index contributed by atoms with van der Waals surface area (Å²) in [7, 11) is 1.47. The Morgan fingerprint density at radius 3 is 2.83 bits per heavy atom. The number of hydrogen-bond donors (Lipinski definition) is 2. The van der Waals surface area contributed by atoms with E-state index in [2.05, 4.69) is 17.6 Å². The number of hydrogen-bond acceptors (Lipinski definition) is 4. The molecule has 0 unspecified atom stereocenters. The van der Waals surface area contributed by atoms with Crippen molar-refractivity contribution in [2.24, 2.45) is 0 Å². The first-order valence-electron chi connectivity index (χ1n) is 8.15. The van der Waals surface area contributed by atoms with Crippen molar-refractivity contribution in [3.63, 3.8) is 0 Å². The summed E-state index contributed by atoms with van der Waals surface area (Å²) in [6, 6.07) is 7.38. The molecule has 2 fully saturated rings. The SMILES string of the molecule is CCc1cccc(NC(=O)CN2CC[C@@]3(C2)NC(=O)N(C)C3=O)c1. The van der Waals surface area contributed by atoms with Gasteiger partial charge in [0.25, 0.3) is 5.91 Å². The standard InChI is InChI=1S/C17H22N4O3/c1-3-12-5-4-6-13(9-12)18-14(22)10-21-8-7-17(11-21)15(23)20(2)16(24)19-17/h4-6,9H,3,7-8,10-11H2,1-2H3,(H,18,22)(H,19,24)/t17-/m0/s1. The van der Waals surface area contributed by atoms with Crippen LogP contribution in [0.2, 0.25) is 0 Å². The van der Waals surface area contributed by atoms with Crippen LogP contribution in [0.25, 0.3) is 0 Å². The highest BCUT2D eigenvalue weighted by molar-refractivity contribution is 6.07. The molecule has 1 aromatic carbocycles. The van der Waals surface area contributed by atoms with Gasteiger partial charge in [-0.2, -0.15) is 0 Å². The molecule has 1 spiro atoms. The van der Waals surface area contributed by atoms with Crippen LogP contribution in [0.4, 0.5) is 10.5 Å². The third-order valence-electron chi connectivity index (χ3n) is 4.70. The molecule has 3 rings (SSSR count). The quantitative estimate of drug-likeness (QED) is 0.801. The summed E-state index contributed by atoms with van der Waals surface area (Å²) in [5.41, 5.74) is 1.07. The van der Waals surface area contributed by atoms with Crippen LogP contribution in [0.15, 0.2) is 24.3 Å². The highest BCUT2D eigenvalue weighted by Gasteiger charge is 2.53. The van der Waals surface area contributed by atoms with Gasteiger partial charge in [-0.15, -0.1) is 0 Å². The normalized spacial score (nSPS) is 23.8. The van der Waals surface area contributed by atoms with Crippen molar-refractivity contribution in [2.45, 2.75) is 25.3 Å². The van der Waals surface area contributed by atoms with Crippen molar-refractivity contribution < 1.29 is 14.4 Å². The van der Waals surface area contributed by atoms with Crippen molar-refractivity contribution in [2.75, 3.05) is 32.0 Å². The molecular formula is C17H22N4O3. The van der Waals surface area contributed by atoms with Crippen LogP contribution in [-0.4, -0.2) is 59.9 Å². The Bertz CT molecular complexity index is 690. The predicted molar refractivity (Wildman–Crippen MR) is 89.5 cm³/mol. The topological polar surface area (TPSA) is 81.8 Å².